The molecule has 1 fully saturated rings. The highest BCUT2D eigenvalue weighted by atomic mass is 127. The van der Waals surface area contributed by atoms with Crippen LogP contribution in [0, 0.1) is 5.41 Å². The van der Waals surface area contributed by atoms with Crippen molar-refractivity contribution < 1.29 is 9.53 Å². The number of carbonyl (C=O) groups excluding carboxylic acids is 1. The molecule has 3 heteroatoms. The molecule has 0 N–H and O–H groups in total. The van der Waals surface area contributed by atoms with Crippen molar-refractivity contribution in [3.63, 3.8) is 0 Å². The van der Waals surface area contributed by atoms with Crippen LogP contribution in [0.2, 0.25) is 0 Å². The molecule has 2 nitrogen and oxygen atoms in total. The molecule has 0 spiro atoms. The first-order valence-corrected chi connectivity index (χ1v) is 7.05. The Labute approximate surface area is 106 Å². The normalized spacial score (nSPS) is 27.5. The Bertz CT molecular complexity index is 218. The molecule has 0 aliphatic heterocycles. The standard InChI is InChI=1S/C12H21IO2/c1-4-12(2,3)11(14)15-10-7-5-9(13)6-8-10/h9-10H,4-8H2,1-3H3. The average molecular weight is 324 g/mol. The number of rotatable bonds is 3. The second kappa shape index (κ2) is 5.51. The summed E-state index contributed by atoms with van der Waals surface area (Å²) >= 11 is 2.48. The van der Waals surface area contributed by atoms with Crippen LogP contribution in [-0.4, -0.2) is 16.0 Å². The Balaban J connectivity index is 2.39. The van der Waals surface area contributed by atoms with E-state index >= 15 is 0 Å². The molecule has 88 valence electrons. The molecule has 0 heterocycles. The number of carbonyl (C=O) groups is 1. The van der Waals surface area contributed by atoms with Gasteiger partial charge in [-0.1, -0.05) is 29.5 Å². The molecule has 0 atom stereocenters. The number of esters is 1. The number of halogens is 1. The fourth-order valence-corrected chi connectivity index (χ4v) is 2.31. The van der Waals surface area contributed by atoms with E-state index in [1.54, 1.807) is 0 Å². The maximum absolute atomic E-state index is 11.8. The minimum atomic E-state index is -0.318. The molecule has 0 unspecified atom stereocenters. The van der Waals surface area contributed by atoms with Crippen LogP contribution in [0.4, 0.5) is 0 Å². The third-order valence-corrected chi connectivity index (χ3v) is 4.56. The minimum Gasteiger partial charge on any atom is -0.462 e. The molecule has 0 amide bonds. The molecule has 0 radical (unpaired) electrons. The van der Waals surface area contributed by atoms with Gasteiger partial charge in [-0.05, 0) is 46.0 Å². The maximum Gasteiger partial charge on any atom is 0.311 e. The lowest BCUT2D eigenvalue weighted by Crippen LogP contribution is -2.32. The average Bonchev–Trinajstić information content (AvgIpc) is 2.21. The van der Waals surface area contributed by atoms with Gasteiger partial charge in [0.25, 0.3) is 0 Å². The first-order chi connectivity index (χ1) is 6.95. The Hall–Kier alpha value is 0.200. The zero-order chi connectivity index (χ0) is 11.5. The highest BCUT2D eigenvalue weighted by Gasteiger charge is 2.30. The van der Waals surface area contributed by atoms with Crippen molar-refractivity contribution in [3.8, 4) is 0 Å². The zero-order valence-corrected chi connectivity index (χ0v) is 12.0. The summed E-state index contributed by atoms with van der Waals surface area (Å²) in [5.74, 6) is -0.0260. The Morgan fingerprint density at radius 2 is 1.87 bits per heavy atom. The Morgan fingerprint density at radius 3 is 2.33 bits per heavy atom. The van der Waals surface area contributed by atoms with E-state index in [1.807, 2.05) is 20.8 Å². The summed E-state index contributed by atoms with van der Waals surface area (Å²) < 4.78 is 6.33. The summed E-state index contributed by atoms with van der Waals surface area (Å²) in [5.41, 5.74) is -0.318. The van der Waals surface area contributed by atoms with Gasteiger partial charge in [-0.3, -0.25) is 4.79 Å². The second-order valence-corrected chi connectivity index (χ2v) is 6.78. The fraction of sp³-hybridized carbons (Fsp3) is 0.917. The second-order valence-electron chi connectivity index (χ2n) is 5.02. The minimum absolute atomic E-state index is 0.0260. The molecule has 0 aromatic rings. The van der Waals surface area contributed by atoms with Crippen molar-refractivity contribution in [3.05, 3.63) is 0 Å². The lowest BCUT2D eigenvalue weighted by molar-refractivity contribution is -0.161. The van der Waals surface area contributed by atoms with Gasteiger partial charge in [0, 0.05) is 3.92 Å². The van der Waals surface area contributed by atoms with Crippen LogP contribution in [0.1, 0.15) is 52.9 Å². The van der Waals surface area contributed by atoms with Crippen LogP contribution < -0.4 is 0 Å². The number of ether oxygens (including phenoxy) is 1. The summed E-state index contributed by atoms with van der Waals surface area (Å²) in [6.07, 6.45) is 5.47. The van der Waals surface area contributed by atoms with Gasteiger partial charge in [0.15, 0.2) is 0 Å². The number of hydrogen-bond acceptors (Lipinski definition) is 2. The molecule has 0 aromatic carbocycles. The highest BCUT2D eigenvalue weighted by molar-refractivity contribution is 14.1. The first kappa shape index (κ1) is 13.3. The summed E-state index contributed by atoms with van der Waals surface area (Å²) in [4.78, 5) is 11.8. The van der Waals surface area contributed by atoms with Gasteiger partial charge in [0.1, 0.15) is 6.10 Å². The lowest BCUT2D eigenvalue weighted by atomic mass is 9.90. The molecule has 0 aromatic heterocycles. The fourth-order valence-electron chi connectivity index (χ4n) is 1.60. The van der Waals surface area contributed by atoms with Gasteiger partial charge in [-0.15, -0.1) is 0 Å². The number of hydrogen-bond donors (Lipinski definition) is 0. The molecule has 1 aliphatic rings. The first-order valence-electron chi connectivity index (χ1n) is 5.81. The monoisotopic (exact) mass is 324 g/mol. The van der Waals surface area contributed by atoms with E-state index in [-0.39, 0.29) is 17.5 Å². The molecule has 0 saturated heterocycles. The van der Waals surface area contributed by atoms with Crippen molar-refractivity contribution in [2.45, 2.75) is 62.9 Å². The summed E-state index contributed by atoms with van der Waals surface area (Å²) in [7, 11) is 0. The Morgan fingerprint density at radius 1 is 1.33 bits per heavy atom. The van der Waals surface area contributed by atoms with E-state index < -0.39 is 0 Å². The van der Waals surface area contributed by atoms with Crippen molar-refractivity contribution in [2.24, 2.45) is 5.41 Å². The third-order valence-electron chi connectivity index (χ3n) is 3.31. The van der Waals surface area contributed by atoms with Crippen LogP contribution in [0.5, 0.6) is 0 Å². The van der Waals surface area contributed by atoms with Gasteiger partial charge in [0.05, 0.1) is 5.41 Å². The van der Waals surface area contributed by atoms with E-state index in [1.165, 1.54) is 12.8 Å². The topological polar surface area (TPSA) is 26.3 Å². The summed E-state index contributed by atoms with van der Waals surface area (Å²) in [5, 5.41) is 0. The molecule has 0 bridgehead atoms. The van der Waals surface area contributed by atoms with Gasteiger partial charge in [-0.2, -0.15) is 0 Å². The largest absolute Gasteiger partial charge is 0.462 e. The molecule has 1 aliphatic carbocycles. The predicted octanol–water partition coefficient (Wildman–Crippen LogP) is 3.71. The van der Waals surface area contributed by atoms with E-state index in [4.69, 9.17) is 4.74 Å². The van der Waals surface area contributed by atoms with Crippen molar-refractivity contribution in [1.82, 2.24) is 0 Å². The van der Waals surface area contributed by atoms with Crippen LogP contribution in [-0.2, 0) is 9.53 Å². The summed E-state index contributed by atoms with van der Waals surface area (Å²) in [6.45, 7) is 5.95. The molecule has 15 heavy (non-hydrogen) atoms. The molecular formula is C12H21IO2. The van der Waals surface area contributed by atoms with E-state index in [0.29, 0.717) is 0 Å². The van der Waals surface area contributed by atoms with Crippen molar-refractivity contribution in [1.29, 1.82) is 0 Å². The van der Waals surface area contributed by atoms with Crippen LogP contribution in [0.25, 0.3) is 0 Å². The molecule has 1 rings (SSSR count). The maximum atomic E-state index is 11.8. The van der Waals surface area contributed by atoms with Gasteiger partial charge < -0.3 is 4.74 Å². The van der Waals surface area contributed by atoms with E-state index in [0.717, 1.165) is 23.2 Å². The SMILES string of the molecule is CCC(C)(C)C(=O)OC1CCC(I)CC1. The van der Waals surface area contributed by atoms with Crippen molar-refractivity contribution in [2.75, 3.05) is 0 Å². The van der Waals surface area contributed by atoms with E-state index in [2.05, 4.69) is 22.6 Å². The lowest BCUT2D eigenvalue weighted by Gasteiger charge is -2.29. The van der Waals surface area contributed by atoms with Gasteiger partial charge in [0.2, 0.25) is 0 Å². The van der Waals surface area contributed by atoms with Crippen LogP contribution >= 0.6 is 22.6 Å². The van der Waals surface area contributed by atoms with E-state index in [9.17, 15) is 4.79 Å². The third kappa shape index (κ3) is 3.93. The predicted molar refractivity (Wildman–Crippen MR) is 70.2 cm³/mol. The zero-order valence-electron chi connectivity index (χ0n) is 9.88. The summed E-state index contributed by atoms with van der Waals surface area (Å²) in [6, 6.07) is 0. The van der Waals surface area contributed by atoms with Crippen molar-refractivity contribution >= 4 is 28.6 Å². The number of alkyl halides is 1. The quantitative estimate of drug-likeness (QED) is 0.449. The highest BCUT2D eigenvalue weighted by Crippen LogP contribution is 2.29. The molecular weight excluding hydrogens is 303 g/mol. The smallest absolute Gasteiger partial charge is 0.311 e. The van der Waals surface area contributed by atoms with Crippen LogP contribution in [0.15, 0.2) is 0 Å². The Kier molecular flexibility index (Phi) is 4.87. The molecule has 1 saturated carbocycles. The van der Waals surface area contributed by atoms with Gasteiger partial charge >= 0.3 is 5.97 Å². The van der Waals surface area contributed by atoms with Crippen LogP contribution in [0.3, 0.4) is 0 Å². The van der Waals surface area contributed by atoms with Gasteiger partial charge in [-0.25, -0.2) is 0 Å².